The fourth-order valence-electron chi connectivity index (χ4n) is 2.94. The van der Waals surface area contributed by atoms with Gasteiger partial charge in [0.2, 0.25) is 0 Å². The fourth-order valence-corrected chi connectivity index (χ4v) is 3.32. The summed E-state index contributed by atoms with van der Waals surface area (Å²) in [4.78, 5) is 16.8. The number of piperazine rings is 1. The summed E-state index contributed by atoms with van der Waals surface area (Å²) in [6, 6.07) is 13.3. The van der Waals surface area contributed by atoms with Gasteiger partial charge in [-0.1, -0.05) is 28.1 Å². The average Bonchev–Trinajstić information content (AvgIpc) is 2.61. The number of nitrogens with zero attached hydrogens (tertiary/aromatic N) is 2. The summed E-state index contributed by atoms with van der Waals surface area (Å²) < 4.78 is 6.30. The van der Waals surface area contributed by atoms with Gasteiger partial charge in [-0.2, -0.15) is 0 Å². The third-order valence-electron chi connectivity index (χ3n) is 4.24. The molecule has 142 valence electrons. The zero-order chi connectivity index (χ0) is 17.1. The summed E-state index contributed by atoms with van der Waals surface area (Å²) in [6.45, 7) is 2.85. The predicted molar refractivity (Wildman–Crippen MR) is 114 cm³/mol. The van der Waals surface area contributed by atoms with Crippen LogP contribution in [0, 0.1) is 0 Å². The lowest BCUT2D eigenvalue weighted by Crippen LogP contribution is -2.49. The smallest absolute Gasteiger partial charge is 0.256 e. The predicted octanol–water partition coefficient (Wildman–Crippen LogP) is 3.85. The highest BCUT2D eigenvalue weighted by Gasteiger charge is 2.24. The van der Waals surface area contributed by atoms with Crippen molar-refractivity contribution in [1.29, 1.82) is 0 Å². The van der Waals surface area contributed by atoms with Gasteiger partial charge >= 0.3 is 0 Å². The molecule has 0 aliphatic carbocycles. The third kappa shape index (κ3) is 4.75. The molecule has 1 fully saturated rings. The molecule has 0 aromatic heterocycles. The lowest BCUT2D eigenvalue weighted by Gasteiger charge is -2.36. The summed E-state index contributed by atoms with van der Waals surface area (Å²) in [7, 11) is 1.68. The Kier molecular flexibility index (Phi) is 8.53. The fraction of sp³-hybridized carbons (Fsp3) is 0.278. The first-order valence-corrected chi connectivity index (χ1v) is 8.61. The highest BCUT2D eigenvalue weighted by atomic mass is 79.9. The minimum Gasteiger partial charge on any atom is -0.495 e. The van der Waals surface area contributed by atoms with Gasteiger partial charge in [-0.15, -0.1) is 24.8 Å². The third-order valence-corrected chi connectivity index (χ3v) is 4.73. The molecule has 0 bridgehead atoms. The summed E-state index contributed by atoms with van der Waals surface area (Å²) in [5.74, 6) is 0.842. The van der Waals surface area contributed by atoms with Gasteiger partial charge in [-0.05, 0) is 30.3 Å². The summed E-state index contributed by atoms with van der Waals surface area (Å²) in [5.41, 5.74) is 8.11. The largest absolute Gasteiger partial charge is 0.495 e. The SMILES string of the molecule is COc1ccccc1N1CCN(C(=O)c2ccc(Br)cc2N)CC1.Cl.Cl. The van der Waals surface area contributed by atoms with Crippen LogP contribution in [0.3, 0.4) is 0 Å². The van der Waals surface area contributed by atoms with Crippen molar-refractivity contribution in [2.24, 2.45) is 0 Å². The van der Waals surface area contributed by atoms with E-state index in [4.69, 9.17) is 10.5 Å². The molecular formula is C18H22BrCl2N3O2. The monoisotopic (exact) mass is 461 g/mol. The molecule has 1 aliphatic rings. The normalized spacial score (nSPS) is 13.5. The molecule has 2 aromatic carbocycles. The number of nitrogen functional groups attached to an aromatic ring is 1. The molecule has 26 heavy (non-hydrogen) atoms. The quantitative estimate of drug-likeness (QED) is 0.704. The molecule has 3 rings (SSSR count). The van der Waals surface area contributed by atoms with Gasteiger partial charge in [0.05, 0.1) is 18.4 Å². The molecule has 1 amide bonds. The number of amides is 1. The number of benzene rings is 2. The summed E-state index contributed by atoms with van der Waals surface area (Å²) in [5, 5.41) is 0. The van der Waals surface area contributed by atoms with Crippen LogP contribution in [0.4, 0.5) is 11.4 Å². The van der Waals surface area contributed by atoms with Crippen LogP contribution < -0.4 is 15.4 Å². The number of carbonyl (C=O) groups excluding carboxylic acids is 1. The van der Waals surface area contributed by atoms with Gasteiger partial charge in [-0.3, -0.25) is 4.79 Å². The highest BCUT2D eigenvalue weighted by Crippen LogP contribution is 2.29. The molecule has 1 saturated heterocycles. The number of ether oxygens (including phenoxy) is 1. The lowest BCUT2D eigenvalue weighted by atomic mass is 10.1. The molecule has 2 aromatic rings. The minimum absolute atomic E-state index is 0. The van der Waals surface area contributed by atoms with Crippen LogP contribution in [0.1, 0.15) is 10.4 Å². The number of rotatable bonds is 3. The van der Waals surface area contributed by atoms with Crippen molar-refractivity contribution in [2.75, 3.05) is 43.9 Å². The average molecular weight is 463 g/mol. The van der Waals surface area contributed by atoms with Gasteiger partial charge in [0.25, 0.3) is 5.91 Å². The maximum Gasteiger partial charge on any atom is 0.256 e. The Balaban J connectivity index is 0.00000169. The van der Waals surface area contributed by atoms with Crippen LogP contribution >= 0.6 is 40.7 Å². The molecule has 0 saturated carbocycles. The number of hydrogen-bond donors (Lipinski definition) is 1. The Morgan fingerprint density at radius 2 is 1.73 bits per heavy atom. The van der Waals surface area contributed by atoms with Crippen LogP contribution in [-0.2, 0) is 0 Å². The van der Waals surface area contributed by atoms with Crippen molar-refractivity contribution in [3.8, 4) is 5.75 Å². The molecular weight excluding hydrogens is 441 g/mol. The number of carbonyl (C=O) groups is 1. The number of anilines is 2. The van der Waals surface area contributed by atoms with E-state index in [0.717, 1.165) is 29.0 Å². The summed E-state index contributed by atoms with van der Waals surface area (Å²) >= 11 is 3.37. The first-order chi connectivity index (χ1) is 11.6. The van der Waals surface area contributed by atoms with Gasteiger partial charge in [0.15, 0.2) is 0 Å². The van der Waals surface area contributed by atoms with Crippen LogP contribution in [0.2, 0.25) is 0 Å². The van der Waals surface area contributed by atoms with Crippen molar-refractivity contribution >= 4 is 58.0 Å². The van der Waals surface area contributed by atoms with E-state index in [9.17, 15) is 4.79 Å². The van der Waals surface area contributed by atoms with Gasteiger partial charge < -0.3 is 20.3 Å². The molecule has 8 heteroatoms. The topological polar surface area (TPSA) is 58.8 Å². The van der Waals surface area contributed by atoms with E-state index in [1.165, 1.54) is 0 Å². The lowest BCUT2D eigenvalue weighted by molar-refractivity contribution is 0.0747. The number of para-hydroxylation sites is 2. The molecule has 0 atom stereocenters. The molecule has 2 N–H and O–H groups in total. The number of halogens is 3. The first-order valence-electron chi connectivity index (χ1n) is 7.82. The Bertz CT molecular complexity index is 753. The van der Waals surface area contributed by atoms with Gasteiger partial charge in [0, 0.05) is 36.3 Å². The Labute approximate surface area is 174 Å². The molecule has 5 nitrogen and oxygen atoms in total. The van der Waals surface area contributed by atoms with E-state index >= 15 is 0 Å². The highest BCUT2D eigenvalue weighted by molar-refractivity contribution is 9.10. The summed E-state index contributed by atoms with van der Waals surface area (Å²) in [6.07, 6.45) is 0. The standard InChI is InChI=1S/C18H20BrN3O2.2ClH/c1-24-17-5-3-2-4-16(17)21-8-10-22(11-9-21)18(23)14-7-6-13(19)12-15(14)20;;/h2-7,12H,8-11,20H2,1H3;2*1H. The number of hydrogen-bond acceptors (Lipinski definition) is 4. The maximum atomic E-state index is 12.7. The minimum atomic E-state index is -0.0142. The van der Waals surface area contributed by atoms with Crippen LogP contribution in [0.5, 0.6) is 5.75 Å². The van der Waals surface area contributed by atoms with Crippen molar-refractivity contribution < 1.29 is 9.53 Å². The molecule has 1 aliphatic heterocycles. The molecule has 0 spiro atoms. The van der Waals surface area contributed by atoms with Crippen molar-refractivity contribution in [3.05, 3.63) is 52.5 Å². The van der Waals surface area contributed by atoms with E-state index in [2.05, 4.69) is 20.8 Å². The first kappa shape index (κ1) is 22.4. The van der Waals surface area contributed by atoms with Crippen LogP contribution in [0.15, 0.2) is 46.9 Å². The molecule has 0 unspecified atom stereocenters. The van der Waals surface area contributed by atoms with Crippen molar-refractivity contribution in [2.45, 2.75) is 0 Å². The van der Waals surface area contributed by atoms with E-state index in [-0.39, 0.29) is 30.7 Å². The molecule has 0 radical (unpaired) electrons. The van der Waals surface area contributed by atoms with E-state index in [1.54, 1.807) is 19.2 Å². The van der Waals surface area contributed by atoms with Gasteiger partial charge in [-0.25, -0.2) is 0 Å². The zero-order valence-corrected chi connectivity index (χ0v) is 17.6. The number of methoxy groups -OCH3 is 1. The zero-order valence-electron chi connectivity index (χ0n) is 14.4. The van der Waals surface area contributed by atoms with Crippen molar-refractivity contribution in [3.63, 3.8) is 0 Å². The van der Waals surface area contributed by atoms with Crippen LogP contribution in [-0.4, -0.2) is 44.1 Å². The Hall–Kier alpha value is -1.63. The second kappa shape index (κ2) is 9.90. The molecule has 1 heterocycles. The maximum absolute atomic E-state index is 12.7. The Morgan fingerprint density at radius 1 is 1.08 bits per heavy atom. The van der Waals surface area contributed by atoms with E-state index < -0.39 is 0 Å². The Morgan fingerprint density at radius 3 is 2.35 bits per heavy atom. The number of nitrogens with two attached hydrogens (primary N) is 1. The van der Waals surface area contributed by atoms with Gasteiger partial charge in [0.1, 0.15) is 5.75 Å². The second-order valence-corrected chi connectivity index (χ2v) is 6.60. The van der Waals surface area contributed by atoms with Crippen LogP contribution in [0.25, 0.3) is 0 Å². The second-order valence-electron chi connectivity index (χ2n) is 5.68. The van der Waals surface area contributed by atoms with E-state index in [1.807, 2.05) is 35.2 Å². The van der Waals surface area contributed by atoms with E-state index in [0.29, 0.717) is 24.3 Å². The van der Waals surface area contributed by atoms with Crippen molar-refractivity contribution in [1.82, 2.24) is 4.90 Å².